The molecule has 0 aliphatic carbocycles. The summed E-state index contributed by atoms with van der Waals surface area (Å²) in [7, 11) is 1.84. The minimum absolute atomic E-state index is 0.394. The molecular formula is C7H9BrN2O. The van der Waals surface area contributed by atoms with Crippen LogP contribution in [0.1, 0.15) is 11.3 Å². The maximum absolute atomic E-state index is 10.2. The lowest BCUT2D eigenvalue weighted by atomic mass is 10.2. The quantitative estimate of drug-likeness (QED) is 0.698. The predicted molar refractivity (Wildman–Crippen MR) is 45.4 cm³/mol. The third kappa shape index (κ3) is 1.50. The van der Waals surface area contributed by atoms with Crippen LogP contribution in [0.25, 0.3) is 0 Å². The van der Waals surface area contributed by atoms with E-state index in [9.17, 15) is 4.79 Å². The first-order valence-corrected chi connectivity index (χ1v) is 4.07. The summed E-state index contributed by atoms with van der Waals surface area (Å²) in [6, 6.07) is 0. The molecule has 0 atom stereocenters. The fourth-order valence-corrected chi connectivity index (χ4v) is 1.24. The third-order valence-electron chi connectivity index (χ3n) is 1.57. The average molecular weight is 217 g/mol. The van der Waals surface area contributed by atoms with Gasteiger partial charge in [-0.05, 0) is 22.9 Å². The first-order chi connectivity index (χ1) is 5.16. The van der Waals surface area contributed by atoms with Gasteiger partial charge in [0, 0.05) is 19.0 Å². The van der Waals surface area contributed by atoms with Crippen molar-refractivity contribution in [2.24, 2.45) is 7.05 Å². The van der Waals surface area contributed by atoms with Crippen LogP contribution in [0.4, 0.5) is 0 Å². The van der Waals surface area contributed by atoms with Gasteiger partial charge in [-0.15, -0.1) is 0 Å². The minimum atomic E-state index is 0.394. The first-order valence-electron chi connectivity index (χ1n) is 3.28. The number of aldehydes is 1. The van der Waals surface area contributed by atoms with Crippen LogP contribution >= 0.6 is 15.9 Å². The van der Waals surface area contributed by atoms with Crippen LogP contribution in [0.15, 0.2) is 4.60 Å². The molecule has 1 rings (SSSR count). The molecule has 1 aromatic rings. The minimum Gasteiger partial charge on any atom is -0.303 e. The number of aryl methyl sites for hydroxylation is 1. The molecule has 0 saturated carbocycles. The molecule has 0 fully saturated rings. The summed E-state index contributed by atoms with van der Waals surface area (Å²) in [4.78, 5) is 10.2. The summed E-state index contributed by atoms with van der Waals surface area (Å²) in [5.74, 6) is 0. The number of halogens is 1. The highest BCUT2D eigenvalue weighted by Gasteiger charge is 2.07. The summed E-state index contributed by atoms with van der Waals surface area (Å²) in [6.07, 6.45) is 1.26. The Morgan fingerprint density at radius 3 is 2.73 bits per heavy atom. The van der Waals surface area contributed by atoms with E-state index < -0.39 is 0 Å². The number of carbonyl (C=O) groups excluding carboxylic acids is 1. The van der Waals surface area contributed by atoms with Gasteiger partial charge in [0.05, 0.1) is 5.69 Å². The Morgan fingerprint density at radius 1 is 1.73 bits per heavy atom. The normalized spacial score (nSPS) is 10.1. The van der Waals surface area contributed by atoms with E-state index >= 15 is 0 Å². The van der Waals surface area contributed by atoms with Crippen LogP contribution in [0, 0.1) is 6.92 Å². The van der Waals surface area contributed by atoms with E-state index in [0.717, 1.165) is 22.1 Å². The van der Waals surface area contributed by atoms with E-state index in [0.29, 0.717) is 6.42 Å². The molecule has 0 bridgehead atoms. The smallest absolute Gasteiger partial charge is 0.126 e. The van der Waals surface area contributed by atoms with Crippen molar-refractivity contribution in [3.05, 3.63) is 15.9 Å². The van der Waals surface area contributed by atoms with E-state index in [1.54, 1.807) is 4.68 Å². The van der Waals surface area contributed by atoms with Gasteiger partial charge in [-0.3, -0.25) is 4.68 Å². The lowest BCUT2D eigenvalue weighted by Crippen LogP contribution is -1.92. The maximum atomic E-state index is 10.2. The van der Waals surface area contributed by atoms with Crippen molar-refractivity contribution in [2.75, 3.05) is 0 Å². The second-order valence-corrected chi connectivity index (χ2v) is 3.11. The lowest BCUT2D eigenvalue weighted by Gasteiger charge is -1.88. The van der Waals surface area contributed by atoms with Crippen LogP contribution in [-0.2, 0) is 18.3 Å². The van der Waals surface area contributed by atoms with Crippen molar-refractivity contribution in [3.8, 4) is 0 Å². The highest BCUT2D eigenvalue weighted by Crippen LogP contribution is 2.17. The van der Waals surface area contributed by atoms with Gasteiger partial charge in [0.15, 0.2) is 0 Å². The van der Waals surface area contributed by atoms with Gasteiger partial charge in [-0.1, -0.05) is 0 Å². The molecule has 3 nitrogen and oxygen atoms in total. The van der Waals surface area contributed by atoms with E-state index in [1.807, 2.05) is 14.0 Å². The van der Waals surface area contributed by atoms with E-state index in [-0.39, 0.29) is 0 Å². The molecule has 4 heteroatoms. The summed E-state index contributed by atoms with van der Waals surface area (Å²) in [6.45, 7) is 1.94. The van der Waals surface area contributed by atoms with Gasteiger partial charge < -0.3 is 4.79 Å². The van der Waals surface area contributed by atoms with Crippen LogP contribution in [0.5, 0.6) is 0 Å². The fourth-order valence-electron chi connectivity index (χ4n) is 0.935. The Bertz CT molecular complexity index is 280. The van der Waals surface area contributed by atoms with Gasteiger partial charge in [-0.2, -0.15) is 5.10 Å². The van der Waals surface area contributed by atoms with E-state index in [1.165, 1.54) is 0 Å². The van der Waals surface area contributed by atoms with Gasteiger partial charge in [0.2, 0.25) is 0 Å². The Morgan fingerprint density at radius 2 is 2.36 bits per heavy atom. The summed E-state index contributed by atoms with van der Waals surface area (Å²) >= 11 is 3.35. The second kappa shape index (κ2) is 3.17. The van der Waals surface area contributed by atoms with Crippen molar-refractivity contribution in [3.63, 3.8) is 0 Å². The molecule has 0 aliphatic heterocycles. The summed E-state index contributed by atoms with van der Waals surface area (Å²) in [5.41, 5.74) is 1.88. The molecule has 1 heterocycles. The molecule has 11 heavy (non-hydrogen) atoms. The van der Waals surface area contributed by atoms with Crippen LogP contribution < -0.4 is 0 Å². The van der Waals surface area contributed by atoms with Crippen molar-refractivity contribution >= 4 is 22.2 Å². The van der Waals surface area contributed by atoms with E-state index in [2.05, 4.69) is 21.0 Å². The highest BCUT2D eigenvalue weighted by molar-refractivity contribution is 9.10. The molecule has 0 unspecified atom stereocenters. The number of rotatable bonds is 2. The largest absolute Gasteiger partial charge is 0.303 e. The summed E-state index contributed by atoms with van der Waals surface area (Å²) in [5, 5.41) is 4.14. The maximum Gasteiger partial charge on any atom is 0.126 e. The zero-order chi connectivity index (χ0) is 8.43. The third-order valence-corrected chi connectivity index (χ3v) is 2.68. The molecule has 1 aromatic heterocycles. The molecule has 0 N–H and O–H groups in total. The molecule has 0 aliphatic rings. The number of hydrogen-bond donors (Lipinski definition) is 0. The van der Waals surface area contributed by atoms with Crippen molar-refractivity contribution < 1.29 is 4.79 Å². The second-order valence-electron chi connectivity index (χ2n) is 2.36. The van der Waals surface area contributed by atoms with E-state index in [4.69, 9.17) is 0 Å². The van der Waals surface area contributed by atoms with Crippen LogP contribution in [-0.4, -0.2) is 16.1 Å². The lowest BCUT2D eigenvalue weighted by molar-refractivity contribution is -0.107. The predicted octanol–water partition coefficient (Wildman–Crippen LogP) is 1.23. The molecule has 0 radical (unpaired) electrons. The summed E-state index contributed by atoms with van der Waals surface area (Å²) < 4.78 is 2.66. The fraction of sp³-hybridized carbons (Fsp3) is 0.429. The number of hydrogen-bond acceptors (Lipinski definition) is 2. The van der Waals surface area contributed by atoms with Gasteiger partial charge in [0.1, 0.15) is 10.9 Å². The van der Waals surface area contributed by atoms with Crippen LogP contribution in [0.3, 0.4) is 0 Å². The number of nitrogens with zero attached hydrogens (tertiary/aromatic N) is 2. The number of carbonyl (C=O) groups is 1. The molecule has 60 valence electrons. The average Bonchev–Trinajstić information content (AvgIpc) is 2.19. The monoisotopic (exact) mass is 216 g/mol. The Hall–Kier alpha value is -0.640. The standard InChI is InChI=1S/C7H9BrN2O/c1-5-6(3-4-11)9-10(2)7(5)8/h4H,3H2,1-2H3. The van der Waals surface area contributed by atoms with Gasteiger partial charge >= 0.3 is 0 Å². The molecule has 0 spiro atoms. The Balaban J connectivity index is 3.07. The van der Waals surface area contributed by atoms with Crippen LogP contribution in [0.2, 0.25) is 0 Å². The molecule has 0 amide bonds. The Kier molecular flexibility index (Phi) is 2.44. The SMILES string of the molecule is Cc1c(CC=O)nn(C)c1Br. The van der Waals surface area contributed by atoms with Crippen molar-refractivity contribution in [2.45, 2.75) is 13.3 Å². The van der Waals surface area contributed by atoms with Crippen molar-refractivity contribution in [1.29, 1.82) is 0 Å². The number of aromatic nitrogens is 2. The van der Waals surface area contributed by atoms with Gasteiger partial charge in [0.25, 0.3) is 0 Å². The van der Waals surface area contributed by atoms with Gasteiger partial charge in [-0.25, -0.2) is 0 Å². The Labute approximate surface area is 73.5 Å². The highest BCUT2D eigenvalue weighted by atomic mass is 79.9. The topological polar surface area (TPSA) is 34.9 Å². The molecular weight excluding hydrogens is 208 g/mol. The zero-order valence-corrected chi connectivity index (χ0v) is 8.05. The molecule has 0 aromatic carbocycles. The van der Waals surface area contributed by atoms with Crippen molar-refractivity contribution in [1.82, 2.24) is 9.78 Å². The zero-order valence-electron chi connectivity index (χ0n) is 6.47. The molecule has 0 saturated heterocycles. The first kappa shape index (κ1) is 8.46.